The van der Waals surface area contributed by atoms with Gasteiger partial charge in [-0.2, -0.15) is 0 Å². The summed E-state index contributed by atoms with van der Waals surface area (Å²) in [6, 6.07) is 113. The smallest absolute Gasteiger partial charge is 0.145 e. The molecule has 0 unspecified atom stereocenters. The monoisotopic (exact) mass is 1070 g/mol. The van der Waals surface area contributed by atoms with Gasteiger partial charge in [0.25, 0.3) is 0 Å². The number of anilines is 6. The second-order valence-corrected chi connectivity index (χ2v) is 22.1. The molecule has 0 bridgehead atoms. The fraction of sp³-hybridized carbons (Fsp3) is 0. The number of benzene rings is 14. The number of hydrogen-bond donors (Lipinski definition) is 0. The summed E-state index contributed by atoms with van der Waals surface area (Å²) in [5.41, 5.74) is 21.3. The van der Waals surface area contributed by atoms with Crippen LogP contribution in [0.25, 0.3) is 126 Å². The maximum Gasteiger partial charge on any atom is 0.145 e. The van der Waals surface area contributed by atoms with Gasteiger partial charge in [-0.1, -0.05) is 200 Å². The molecule has 3 heterocycles. The van der Waals surface area contributed by atoms with Crippen molar-refractivity contribution in [3.63, 3.8) is 0 Å². The Hall–Kier alpha value is -11.2. The highest BCUT2D eigenvalue weighted by atomic mass is 16.3. The Balaban J connectivity index is 0.833. The van der Waals surface area contributed by atoms with Crippen LogP contribution in [-0.2, 0) is 0 Å². The molecule has 0 N–H and O–H groups in total. The Morgan fingerprint density at radius 1 is 0.238 bits per heavy atom. The summed E-state index contributed by atoms with van der Waals surface area (Å²) in [7, 11) is 0. The van der Waals surface area contributed by atoms with Gasteiger partial charge in [0.15, 0.2) is 0 Å². The zero-order valence-electron chi connectivity index (χ0n) is 45.7. The van der Waals surface area contributed by atoms with E-state index in [2.05, 4.69) is 324 Å². The third-order valence-electron chi connectivity index (χ3n) is 17.2. The Morgan fingerprint density at radius 3 is 1.02 bits per heavy atom. The van der Waals surface area contributed by atoms with Crippen molar-refractivity contribution >= 4 is 116 Å². The number of fused-ring (bicyclic) bond motifs is 12. The fourth-order valence-electron chi connectivity index (χ4n) is 13.1. The average molecular weight is 1070 g/mol. The van der Waals surface area contributed by atoms with E-state index in [0.29, 0.717) is 0 Å². The highest BCUT2D eigenvalue weighted by Gasteiger charge is 2.25. The molecule has 0 atom stereocenters. The first-order valence-corrected chi connectivity index (χ1v) is 28.8. The van der Waals surface area contributed by atoms with Crippen molar-refractivity contribution in [2.24, 2.45) is 0 Å². The van der Waals surface area contributed by atoms with Gasteiger partial charge in [-0.3, -0.25) is 0 Å². The molecule has 0 saturated carbocycles. The molecule has 0 fully saturated rings. The lowest BCUT2D eigenvalue weighted by Gasteiger charge is -2.26. The molecule has 0 aliphatic heterocycles. The zero-order valence-corrected chi connectivity index (χ0v) is 45.7. The van der Waals surface area contributed by atoms with Gasteiger partial charge < -0.3 is 18.6 Å². The fourth-order valence-corrected chi connectivity index (χ4v) is 13.1. The van der Waals surface area contributed by atoms with E-state index in [9.17, 15) is 0 Å². The number of para-hydroxylation sites is 1. The summed E-state index contributed by atoms with van der Waals surface area (Å²) in [5, 5.41) is 11.6. The highest BCUT2D eigenvalue weighted by Crippen LogP contribution is 2.49. The van der Waals surface area contributed by atoms with Crippen LogP contribution >= 0.6 is 0 Å². The normalized spacial score (nSPS) is 11.8. The largest absolute Gasteiger partial charge is 0.455 e. The van der Waals surface area contributed by atoms with Crippen molar-refractivity contribution < 1.29 is 4.42 Å². The van der Waals surface area contributed by atoms with Crippen LogP contribution in [-0.4, -0.2) is 4.40 Å². The van der Waals surface area contributed by atoms with E-state index in [1.165, 1.54) is 87.9 Å². The molecule has 17 aromatic rings. The summed E-state index contributed by atoms with van der Waals surface area (Å²) in [6.45, 7) is 0. The second-order valence-electron chi connectivity index (χ2n) is 22.1. The minimum atomic E-state index is 0.889. The summed E-state index contributed by atoms with van der Waals surface area (Å²) >= 11 is 0. The Bertz CT molecular complexity index is 5140. The van der Waals surface area contributed by atoms with E-state index in [4.69, 9.17) is 4.42 Å². The molecular weight excluding hydrogens is 1020 g/mol. The maximum atomic E-state index is 6.98. The van der Waals surface area contributed by atoms with Crippen LogP contribution in [0.15, 0.2) is 314 Å². The van der Waals surface area contributed by atoms with Gasteiger partial charge in [0.2, 0.25) is 0 Å². The third-order valence-corrected chi connectivity index (χ3v) is 17.2. The number of hydrogen-bond acceptors (Lipinski definition) is 3. The Labute approximate surface area is 485 Å². The molecule has 0 aliphatic carbocycles. The van der Waals surface area contributed by atoms with Crippen LogP contribution in [0.3, 0.4) is 0 Å². The van der Waals surface area contributed by atoms with Gasteiger partial charge in [0.1, 0.15) is 11.2 Å². The van der Waals surface area contributed by atoms with Crippen LogP contribution in [0.5, 0.6) is 0 Å². The predicted octanol–water partition coefficient (Wildman–Crippen LogP) is 22.7. The molecule has 0 spiro atoms. The van der Waals surface area contributed by atoms with E-state index >= 15 is 0 Å². The molecule has 0 aliphatic rings. The van der Waals surface area contributed by atoms with Gasteiger partial charge in [0.05, 0.1) is 21.9 Å². The SMILES string of the molecule is c1ccc(-c2ccc(N(c3ccc(-c4ccccc4)cc3)c3ccc4cc5c(cc4c3)c3cc4c6ccccc6oc4c4c6cc7cc(N(c8ccc(-c9ccccc9)cc8)c8ccc(-c9ccccc9)cc8)ccc7cc6n5c34)cc2)cc1. The molecule has 17 rings (SSSR count). The third kappa shape index (κ3) is 7.84. The van der Waals surface area contributed by atoms with Crippen LogP contribution < -0.4 is 9.80 Å². The van der Waals surface area contributed by atoms with E-state index in [1.807, 2.05) is 0 Å². The molecule has 4 nitrogen and oxygen atoms in total. The van der Waals surface area contributed by atoms with E-state index in [0.717, 1.165) is 72.4 Å². The summed E-state index contributed by atoms with van der Waals surface area (Å²) in [4.78, 5) is 4.76. The number of rotatable bonds is 10. The Kier molecular flexibility index (Phi) is 10.9. The maximum absolute atomic E-state index is 6.98. The lowest BCUT2D eigenvalue weighted by Crippen LogP contribution is -2.09. The molecule has 0 amide bonds. The first kappa shape index (κ1) is 47.6. The molecule has 0 saturated heterocycles. The quantitative estimate of drug-likeness (QED) is 0.136. The molecule has 84 heavy (non-hydrogen) atoms. The van der Waals surface area contributed by atoms with Crippen molar-refractivity contribution in [1.82, 2.24) is 4.40 Å². The zero-order chi connectivity index (χ0) is 55.2. The average Bonchev–Trinajstić information content (AvgIpc) is 3.76. The van der Waals surface area contributed by atoms with Crippen molar-refractivity contribution in [2.75, 3.05) is 9.80 Å². The molecular formula is C80H51N3O. The minimum absolute atomic E-state index is 0.889. The van der Waals surface area contributed by atoms with Crippen LogP contribution in [0.4, 0.5) is 34.1 Å². The number of furan rings is 1. The molecule has 0 radical (unpaired) electrons. The standard InChI is InChI=1S/C80H51N3O/c1-5-15-52(16-6-1)56-25-35-64(36-26-56)81(65-37-27-57(28-38-65)53-17-7-2-8-18-53)68-43-33-60-49-75-71(47-62(60)45-68)72-51-73-70-23-13-14-24-77(70)84-80(73)78-74-48-63-46-69(44-34-61(63)50-76(74)83(75)79(72)78)82(66-39-29-58(30-40-66)54-19-9-3-10-20-54)67-41-31-59(32-42-67)55-21-11-4-12-22-55/h1-51H. The van der Waals surface area contributed by atoms with Gasteiger partial charge in [-0.05, 0) is 175 Å². The molecule has 14 aromatic carbocycles. The van der Waals surface area contributed by atoms with Crippen molar-refractivity contribution in [2.45, 2.75) is 0 Å². The summed E-state index contributed by atoms with van der Waals surface area (Å²) < 4.78 is 9.49. The number of nitrogens with zero attached hydrogens (tertiary/aromatic N) is 3. The van der Waals surface area contributed by atoms with Crippen molar-refractivity contribution in [3.8, 4) is 44.5 Å². The highest BCUT2D eigenvalue weighted by molar-refractivity contribution is 6.34. The van der Waals surface area contributed by atoms with Gasteiger partial charge in [-0.15, -0.1) is 0 Å². The van der Waals surface area contributed by atoms with Gasteiger partial charge >= 0.3 is 0 Å². The Morgan fingerprint density at radius 2 is 0.595 bits per heavy atom. The summed E-state index contributed by atoms with van der Waals surface area (Å²) in [5.74, 6) is 0. The number of aromatic nitrogens is 1. The first-order valence-electron chi connectivity index (χ1n) is 28.8. The lowest BCUT2D eigenvalue weighted by molar-refractivity contribution is 0.673. The van der Waals surface area contributed by atoms with Crippen molar-refractivity contribution in [3.05, 3.63) is 309 Å². The van der Waals surface area contributed by atoms with Crippen LogP contribution in [0.2, 0.25) is 0 Å². The molecule has 392 valence electrons. The van der Waals surface area contributed by atoms with Crippen LogP contribution in [0, 0.1) is 0 Å². The van der Waals surface area contributed by atoms with E-state index in [-0.39, 0.29) is 0 Å². The van der Waals surface area contributed by atoms with Gasteiger partial charge in [0, 0.05) is 61.1 Å². The second kappa shape index (κ2) is 19.2. The summed E-state index contributed by atoms with van der Waals surface area (Å²) in [6.07, 6.45) is 0. The first-order chi connectivity index (χ1) is 41.6. The lowest BCUT2D eigenvalue weighted by atomic mass is 9.99. The minimum Gasteiger partial charge on any atom is -0.455 e. The van der Waals surface area contributed by atoms with Gasteiger partial charge in [-0.25, -0.2) is 0 Å². The molecule has 3 aromatic heterocycles. The topological polar surface area (TPSA) is 24.0 Å². The van der Waals surface area contributed by atoms with E-state index < -0.39 is 0 Å². The van der Waals surface area contributed by atoms with E-state index in [1.54, 1.807) is 0 Å². The molecule has 4 heteroatoms. The van der Waals surface area contributed by atoms with Crippen molar-refractivity contribution in [1.29, 1.82) is 0 Å². The van der Waals surface area contributed by atoms with Crippen LogP contribution in [0.1, 0.15) is 0 Å². The predicted molar refractivity (Wildman–Crippen MR) is 355 cm³/mol.